The molecule has 0 aromatic heterocycles. The van der Waals surface area contributed by atoms with Crippen LogP contribution in [0, 0.1) is 19.8 Å². The van der Waals surface area contributed by atoms with E-state index >= 15 is 0 Å². The van der Waals surface area contributed by atoms with Crippen LogP contribution in [0.25, 0.3) is 0 Å². The third-order valence-electron chi connectivity index (χ3n) is 5.07. The summed E-state index contributed by atoms with van der Waals surface area (Å²) in [5.74, 6) is 2.50. The van der Waals surface area contributed by atoms with E-state index < -0.39 is 29.5 Å². The first kappa shape index (κ1) is 28.3. The molecule has 0 saturated carbocycles. The average molecular weight is 473 g/mol. The Labute approximate surface area is 198 Å². The van der Waals surface area contributed by atoms with Crippen molar-refractivity contribution >= 4 is 29.3 Å². The molecule has 1 atom stereocenters. The van der Waals surface area contributed by atoms with Crippen LogP contribution in [-0.4, -0.2) is 42.2 Å². The molecule has 0 aliphatic rings. The van der Waals surface area contributed by atoms with Gasteiger partial charge in [0.15, 0.2) is 5.78 Å². The van der Waals surface area contributed by atoms with Gasteiger partial charge in [0.25, 0.3) is 5.78 Å². The second-order valence-corrected chi connectivity index (χ2v) is 7.58. The highest BCUT2D eigenvalue weighted by molar-refractivity contribution is 6.39. The van der Waals surface area contributed by atoms with Crippen LogP contribution in [0.4, 0.5) is 10.5 Å². The van der Waals surface area contributed by atoms with Gasteiger partial charge in [0, 0.05) is 23.9 Å². The van der Waals surface area contributed by atoms with Crippen LogP contribution >= 0.6 is 0 Å². The molecule has 0 radical (unpaired) electrons. The molecule has 184 valence electrons. The number of nitrogens with two attached hydrogens (primary N) is 1. The molecule has 0 heterocycles. The lowest BCUT2D eigenvalue weighted by Crippen LogP contribution is -2.37. The molecule has 34 heavy (non-hydrogen) atoms. The van der Waals surface area contributed by atoms with E-state index in [-0.39, 0.29) is 19.4 Å². The lowest BCUT2D eigenvalue weighted by atomic mass is 9.94. The number of hydrazine groups is 1. The van der Waals surface area contributed by atoms with Gasteiger partial charge in [-0.1, -0.05) is 12.1 Å². The molecule has 2 rings (SSSR count). The molecule has 0 saturated heterocycles. The summed E-state index contributed by atoms with van der Waals surface area (Å²) < 4.78 is 10.6. The maximum Gasteiger partial charge on any atom is 0.375 e. The van der Waals surface area contributed by atoms with Crippen LogP contribution in [0.1, 0.15) is 40.9 Å². The Morgan fingerprint density at radius 2 is 1.76 bits per heavy atom. The number of anilines is 1. The number of aryl methyl sites for hydroxylation is 2. The molecule has 1 unspecified atom stereocenters. The quantitative estimate of drug-likeness (QED) is 0.0951. The fraction of sp³-hybridized carbons (Fsp3) is 0.333. The van der Waals surface area contributed by atoms with E-state index in [0.717, 1.165) is 16.1 Å². The summed E-state index contributed by atoms with van der Waals surface area (Å²) in [4.78, 5) is 48.3. The minimum absolute atomic E-state index is 0. The number of urea groups is 1. The van der Waals surface area contributed by atoms with Crippen LogP contribution in [0.15, 0.2) is 36.4 Å². The maximum absolute atomic E-state index is 12.7. The van der Waals surface area contributed by atoms with Crippen LogP contribution in [0.5, 0.6) is 5.75 Å². The van der Waals surface area contributed by atoms with Crippen LogP contribution in [0.3, 0.4) is 0 Å². The number of amides is 2. The maximum atomic E-state index is 12.7. The van der Waals surface area contributed by atoms with E-state index in [2.05, 4.69) is 10.1 Å². The van der Waals surface area contributed by atoms with Crippen molar-refractivity contribution in [3.8, 4) is 5.75 Å². The fourth-order valence-electron chi connectivity index (χ4n) is 3.08. The Morgan fingerprint density at radius 1 is 1.09 bits per heavy atom. The lowest BCUT2D eigenvalue weighted by molar-refractivity contribution is -0.154. The second-order valence-electron chi connectivity index (χ2n) is 7.58. The van der Waals surface area contributed by atoms with Crippen molar-refractivity contribution < 1.29 is 28.7 Å². The van der Waals surface area contributed by atoms with E-state index in [1.165, 1.54) is 14.0 Å². The molecule has 2 aromatic rings. The van der Waals surface area contributed by atoms with E-state index in [9.17, 15) is 19.2 Å². The van der Waals surface area contributed by atoms with Gasteiger partial charge in [0.1, 0.15) is 12.4 Å². The summed E-state index contributed by atoms with van der Waals surface area (Å²) in [5.41, 5.74) is 3.24. The third kappa shape index (κ3) is 6.87. The summed E-state index contributed by atoms with van der Waals surface area (Å²) in [6, 6.07) is 9.79. The van der Waals surface area contributed by atoms with Gasteiger partial charge < -0.3 is 20.9 Å². The summed E-state index contributed by atoms with van der Waals surface area (Å²) in [5, 5.41) is 3.68. The molecule has 0 spiro atoms. The Balaban J connectivity index is 0.00000578. The van der Waals surface area contributed by atoms with E-state index in [4.69, 9.17) is 10.6 Å². The van der Waals surface area contributed by atoms with Gasteiger partial charge in [-0.3, -0.25) is 14.6 Å². The molecule has 6 N–H and O–H groups in total. The topological polar surface area (TPSA) is 163 Å². The van der Waals surface area contributed by atoms with Crippen LogP contribution in [-0.2, 0) is 20.9 Å². The second kappa shape index (κ2) is 12.5. The number of esters is 1. The first-order valence-electron chi connectivity index (χ1n) is 10.4. The smallest absolute Gasteiger partial charge is 0.375 e. The molecular weight excluding hydrogens is 440 g/mol. The zero-order chi connectivity index (χ0) is 24.7. The van der Waals surface area contributed by atoms with Gasteiger partial charge in [-0.25, -0.2) is 15.4 Å². The number of hydrogen-bond donors (Lipinski definition) is 3. The Morgan fingerprint density at radius 3 is 2.35 bits per heavy atom. The predicted molar refractivity (Wildman–Crippen MR) is 128 cm³/mol. The molecule has 0 bridgehead atoms. The molecular formula is C24H32N4O6. The number of rotatable bonds is 9. The summed E-state index contributed by atoms with van der Waals surface area (Å²) in [7, 11) is 1.44. The Bertz CT molecular complexity index is 1070. The van der Waals surface area contributed by atoms with E-state index in [1.54, 1.807) is 38.1 Å². The number of nitrogens with one attached hydrogen (secondary N) is 1. The monoisotopic (exact) mass is 472 g/mol. The molecule has 0 aliphatic carbocycles. The van der Waals surface area contributed by atoms with Gasteiger partial charge in [-0.2, -0.15) is 0 Å². The largest absolute Gasteiger partial charge is 0.489 e. The predicted octanol–water partition coefficient (Wildman–Crippen LogP) is 3.33. The first-order chi connectivity index (χ1) is 15.6. The van der Waals surface area contributed by atoms with Crippen molar-refractivity contribution in [2.24, 2.45) is 11.8 Å². The summed E-state index contributed by atoms with van der Waals surface area (Å²) in [6.07, 6.45) is 0. The number of nitrogens with zero attached hydrogens (tertiary/aromatic N) is 1. The number of ketones is 2. The lowest BCUT2D eigenvalue weighted by Gasteiger charge is -2.18. The van der Waals surface area contributed by atoms with Crippen molar-refractivity contribution in [2.75, 3.05) is 19.0 Å². The van der Waals surface area contributed by atoms with E-state index in [0.29, 0.717) is 22.6 Å². The number of Topliss-reactive ketones (excluding diaryl/α,β-unsaturated/α-hetero) is 2. The van der Waals surface area contributed by atoms with Crippen molar-refractivity contribution in [1.29, 1.82) is 0 Å². The number of benzene rings is 2. The molecule has 10 nitrogen and oxygen atoms in total. The normalized spacial score (nSPS) is 11.0. The molecule has 0 fully saturated rings. The highest BCUT2D eigenvalue weighted by Gasteiger charge is 2.29. The third-order valence-corrected chi connectivity index (χ3v) is 5.07. The average Bonchev–Trinajstić information content (AvgIpc) is 2.77. The van der Waals surface area contributed by atoms with Crippen molar-refractivity contribution in [1.82, 2.24) is 11.2 Å². The van der Waals surface area contributed by atoms with Crippen LogP contribution in [0.2, 0.25) is 0 Å². The number of hydrogen-bond acceptors (Lipinski definition) is 8. The number of ether oxygens (including phenoxy) is 2. The van der Waals surface area contributed by atoms with Gasteiger partial charge in [-0.15, -0.1) is 0 Å². The van der Waals surface area contributed by atoms with Crippen molar-refractivity contribution in [3.63, 3.8) is 0 Å². The molecule has 2 aromatic carbocycles. The van der Waals surface area contributed by atoms with Crippen LogP contribution < -0.4 is 22.0 Å². The van der Waals surface area contributed by atoms with Gasteiger partial charge >= 0.3 is 12.0 Å². The summed E-state index contributed by atoms with van der Waals surface area (Å²) in [6.45, 7) is 6.87. The minimum Gasteiger partial charge on any atom is -0.489 e. The van der Waals surface area contributed by atoms with Gasteiger partial charge in [-0.05, 0) is 63.1 Å². The SMILES string of the molecule is CCOC(=O)C(=O)C(C)C(=O)c1ccc(OCc2c(C)cccc2NC(=O)N(C)N)c(C)c1.N. The standard InChI is InChI=1S/C24H29N3O6.H3N/c1-6-32-23(30)22(29)16(4)21(28)17-10-11-20(15(3)12-17)33-13-18-14(2)8-7-9-19(18)26-24(31)27(5)25;/h7-12,16H,6,13,25H2,1-5H3,(H,26,31);1H3. The highest BCUT2D eigenvalue weighted by Crippen LogP contribution is 2.26. The highest BCUT2D eigenvalue weighted by atomic mass is 16.5. The molecule has 10 heteroatoms. The Hall–Kier alpha value is -3.76. The Kier molecular flexibility index (Phi) is 10.4. The van der Waals surface area contributed by atoms with Gasteiger partial charge in [0.2, 0.25) is 0 Å². The summed E-state index contributed by atoms with van der Waals surface area (Å²) >= 11 is 0. The zero-order valence-electron chi connectivity index (χ0n) is 20.1. The van der Waals surface area contributed by atoms with Crippen molar-refractivity contribution in [2.45, 2.75) is 34.3 Å². The fourth-order valence-corrected chi connectivity index (χ4v) is 3.08. The zero-order valence-corrected chi connectivity index (χ0v) is 20.1. The molecule has 0 aliphatic heterocycles. The van der Waals surface area contributed by atoms with Crippen molar-refractivity contribution in [3.05, 3.63) is 58.7 Å². The first-order valence-corrected chi connectivity index (χ1v) is 10.4. The minimum atomic E-state index is -1.14. The number of carbonyl (C=O) groups excluding carboxylic acids is 4. The van der Waals surface area contributed by atoms with E-state index in [1.807, 2.05) is 19.1 Å². The molecule has 2 amide bonds. The number of carbonyl (C=O) groups is 4. The van der Waals surface area contributed by atoms with Gasteiger partial charge in [0.05, 0.1) is 12.5 Å².